The minimum Gasteiger partial charge on any atom is -0.469 e. The van der Waals surface area contributed by atoms with Crippen LogP contribution >= 0.6 is 0 Å². The summed E-state index contributed by atoms with van der Waals surface area (Å²) in [6.07, 6.45) is 0.293. The maximum Gasteiger partial charge on any atom is 0.306 e. The molecule has 0 aliphatic heterocycles. The van der Waals surface area contributed by atoms with Crippen LogP contribution in [0.1, 0.15) is 24.5 Å². The Kier molecular flexibility index (Phi) is 6.88. The Bertz CT molecular complexity index is 480. The molecule has 0 saturated heterocycles. The second kappa shape index (κ2) is 8.42. The third kappa shape index (κ3) is 5.55. The van der Waals surface area contributed by atoms with Crippen LogP contribution in [0, 0.1) is 13.8 Å². The van der Waals surface area contributed by atoms with Crippen molar-refractivity contribution in [2.75, 3.05) is 32.1 Å². The summed E-state index contributed by atoms with van der Waals surface area (Å²) < 4.78 is 4.61. The minimum absolute atomic E-state index is 0.0703. The number of methoxy groups -OCH3 is 1. The molecule has 116 valence electrons. The fourth-order valence-corrected chi connectivity index (χ4v) is 2.09. The molecule has 0 atom stereocenters. The van der Waals surface area contributed by atoms with E-state index < -0.39 is 0 Å². The zero-order valence-corrected chi connectivity index (χ0v) is 13.2. The van der Waals surface area contributed by atoms with Crippen molar-refractivity contribution in [3.63, 3.8) is 0 Å². The van der Waals surface area contributed by atoms with Gasteiger partial charge in [0.25, 0.3) is 0 Å². The Hall–Kier alpha value is -1.88. The van der Waals surface area contributed by atoms with Crippen LogP contribution < -0.4 is 5.32 Å². The number of likely N-dealkylation sites (N-methyl/N-ethyl adjacent to an activating group) is 1. The number of amides is 1. The van der Waals surface area contributed by atoms with Gasteiger partial charge in [-0.3, -0.25) is 14.5 Å². The number of hydrogen-bond donors (Lipinski definition) is 1. The fourth-order valence-electron chi connectivity index (χ4n) is 2.09. The van der Waals surface area contributed by atoms with E-state index in [1.54, 1.807) is 0 Å². The zero-order chi connectivity index (χ0) is 15.8. The van der Waals surface area contributed by atoms with E-state index >= 15 is 0 Å². The van der Waals surface area contributed by atoms with Gasteiger partial charge in [-0.25, -0.2) is 0 Å². The molecule has 0 saturated carbocycles. The molecule has 0 aromatic heterocycles. The molecule has 1 aromatic rings. The number of carbonyl (C=O) groups excluding carboxylic acids is 2. The molecule has 0 spiro atoms. The number of hydrogen-bond acceptors (Lipinski definition) is 4. The Morgan fingerprint density at radius 2 is 1.86 bits per heavy atom. The Labute approximate surface area is 126 Å². The summed E-state index contributed by atoms with van der Waals surface area (Å²) in [5, 5.41) is 2.95. The zero-order valence-electron chi connectivity index (χ0n) is 13.2. The Balaban J connectivity index is 2.57. The topological polar surface area (TPSA) is 58.6 Å². The van der Waals surface area contributed by atoms with Gasteiger partial charge in [0.1, 0.15) is 0 Å². The second-order valence-corrected chi connectivity index (χ2v) is 5.01. The number of ether oxygens (including phenoxy) is 1. The van der Waals surface area contributed by atoms with E-state index in [0.717, 1.165) is 16.8 Å². The van der Waals surface area contributed by atoms with Gasteiger partial charge in [0.2, 0.25) is 5.91 Å². The van der Waals surface area contributed by atoms with Gasteiger partial charge >= 0.3 is 5.97 Å². The number of nitrogens with one attached hydrogen (secondary N) is 1. The molecule has 5 heteroatoms. The summed E-state index contributed by atoms with van der Waals surface area (Å²) in [6.45, 7) is 7.39. The maximum absolute atomic E-state index is 12.1. The molecule has 0 aliphatic carbocycles. The lowest BCUT2D eigenvalue weighted by molar-refractivity contribution is -0.141. The number of benzene rings is 1. The van der Waals surface area contributed by atoms with Crippen LogP contribution in [0.15, 0.2) is 18.2 Å². The highest BCUT2D eigenvalue weighted by Crippen LogP contribution is 2.19. The molecule has 0 aliphatic rings. The van der Waals surface area contributed by atoms with Crippen molar-refractivity contribution < 1.29 is 14.3 Å². The molecule has 1 amide bonds. The van der Waals surface area contributed by atoms with Crippen LogP contribution in [-0.4, -0.2) is 43.5 Å². The molecule has 0 bridgehead atoms. The first kappa shape index (κ1) is 17.2. The first-order valence-electron chi connectivity index (χ1n) is 7.13. The highest BCUT2D eigenvalue weighted by molar-refractivity contribution is 5.93. The molecule has 5 nitrogen and oxygen atoms in total. The molecule has 0 unspecified atom stereocenters. The molecular weight excluding hydrogens is 268 g/mol. The lowest BCUT2D eigenvalue weighted by Crippen LogP contribution is -2.35. The number of nitrogens with zero attached hydrogens (tertiary/aromatic N) is 1. The molecule has 1 aromatic carbocycles. The van der Waals surface area contributed by atoms with Gasteiger partial charge in [0, 0.05) is 12.2 Å². The summed E-state index contributed by atoms with van der Waals surface area (Å²) >= 11 is 0. The fraction of sp³-hybridized carbons (Fsp3) is 0.500. The highest BCUT2D eigenvalue weighted by atomic mass is 16.5. The average molecular weight is 292 g/mol. The third-order valence-corrected chi connectivity index (χ3v) is 3.42. The number of carbonyl (C=O) groups is 2. The molecule has 1 rings (SSSR count). The van der Waals surface area contributed by atoms with Crippen LogP contribution in [0.3, 0.4) is 0 Å². The highest BCUT2D eigenvalue weighted by Gasteiger charge is 2.13. The molecule has 21 heavy (non-hydrogen) atoms. The van der Waals surface area contributed by atoms with E-state index in [0.29, 0.717) is 19.5 Å². The summed E-state index contributed by atoms with van der Waals surface area (Å²) in [5.74, 6) is -0.331. The molecular formula is C16H24N2O3. The van der Waals surface area contributed by atoms with E-state index in [4.69, 9.17) is 0 Å². The van der Waals surface area contributed by atoms with E-state index in [1.807, 2.05) is 43.9 Å². The predicted octanol–water partition coefficient (Wildman–Crippen LogP) is 2.13. The number of para-hydroxylation sites is 1. The first-order chi connectivity index (χ1) is 9.97. The van der Waals surface area contributed by atoms with Crippen molar-refractivity contribution in [3.8, 4) is 0 Å². The van der Waals surface area contributed by atoms with Crippen molar-refractivity contribution in [2.24, 2.45) is 0 Å². The molecule has 0 radical (unpaired) electrons. The lowest BCUT2D eigenvalue weighted by atomic mass is 10.1. The predicted molar refractivity (Wildman–Crippen MR) is 83.3 cm³/mol. The summed E-state index contributed by atoms with van der Waals surface area (Å²) in [5.41, 5.74) is 2.95. The lowest BCUT2D eigenvalue weighted by Gasteiger charge is -2.20. The van der Waals surface area contributed by atoms with Gasteiger partial charge in [0.15, 0.2) is 0 Å². The number of aryl methyl sites for hydroxylation is 2. The second-order valence-electron chi connectivity index (χ2n) is 5.01. The van der Waals surface area contributed by atoms with Crippen molar-refractivity contribution in [1.29, 1.82) is 0 Å². The number of rotatable bonds is 7. The Morgan fingerprint density at radius 1 is 1.24 bits per heavy atom. The largest absolute Gasteiger partial charge is 0.469 e. The number of esters is 1. The van der Waals surface area contributed by atoms with Gasteiger partial charge in [0.05, 0.1) is 20.1 Å². The van der Waals surface area contributed by atoms with Crippen molar-refractivity contribution >= 4 is 17.6 Å². The van der Waals surface area contributed by atoms with E-state index in [-0.39, 0.29) is 18.4 Å². The standard InChI is InChI=1S/C16H24N2O3/c1-5-18(10-9-15(20)21-4)11-14(19)17-16-12(2)7-6-8-13(16)3/h6-8H,5,9-11H2,1-4H3,(H,17,19). The first-order valence-corrected chi connectivity index (χ1v) is 7.13. The van der Waals surface area contributed by atoms with Gasteiger partial charge in [-0.2, -0.15) is 0 Å². The number of anilines is 1. The quantitative estimate of drug-likeness (QED) is 0.782. The van der Waals surface area contributed by atoms with Gasteiger partial charge in [-0.05, 0) is 31.5 Å². The van der Waals surface area contributed by atoms with E-state index in [1.165, 1.54) is 7.11 Å². The maximum atomic E-state index is 12.1. The van der Waals surface area contributed by atoms with Gasteiger partial charge in [-0.1, -0.05) is 25.1 Å². The van der Waals surface area contributed by atoms with Gasteiger partial charge < -0.3 is 10.1 Å². The van der Waals surface area contributed by atoms with Crippen LogP contribution in [-0.2, 0) is 14.3 Å². The monoisotopic (exact) mass is 292 g/mol. The molecule has 1 N–H and O–H groups in total. The summed E-state index contributed by atoms with van der Waals surface area (Å²) in [6, 6.07) is 5.91. The SMILES string of the molecule is CCN(CCC(=O)OC)CC(=O)Nc1c(C)cccc1C. The van der Waals surface area contributed by atoms with Crippen LogP contribution in [0.5, 0.6) is 0 Å². The van der Waals surface area contributed by atoms with Crippen LogP contribution in [0.25, 0.3) is 0 Å². The molecule has 0 fully saturated rings. The smallest absolute Gasteiger partial charge is 0.306 e. The van der Waals surface area contributed by atoms with E-state index in [2.05, 4.69) is 10.1 Å². The minimum atomic E-state index is -0.261. The van der Waals surface area contributed by atoms with Gasteiger partial charge in [-0.15, -0.1) is 0 Å². The Morgan fingerprint density at radius 3 is 2.38 bits per heavy atom. The summed E-state index contributed by atoms with van der Waals surface area (Å²) in [7, 11) is 1.37. The van der Waals surface area contributed by atoms with Crippen molar-refractivity contribution in [3.05, 3.63) is 29.3 Å². The molecule has 0 heterocycles. The van der Waals surface area contributed by atoms with Crippen LogP contribution in [0.2, 0.25) is 0 Å². The van der Waals surface area contributed by atoms with Crippen molar-refractivity contribution in [1.82, 2.24) is 4.90 Å². The van der Waals surface area contributed by atoms with E-state index in [9.17, 15) is 9.59 Å². The third-order valence-electron chi connectivity index (χ3n) is 3.42. The van der Waals surface area contributed by atoms with Crippen molar-refractivity contribution in [2.45, 2.75) is 27.2 Å². The average Bonchev–Trinajstić information content (AvgIpc) is 2.47. The van der Waals surface area contributed by atoms with Crippen LogP contribution in [0.4, 0.5) is 5.69 Å². The normalized spacial score (nSPS) is 10.5. The summed E-state index contributed by atoms with van der Waals surface area (Å²) in [4.78, 5) is 25.2.